The minimum Gasteiger partial charge on any atom is -0.504 e. The third-order valence-electron chi connectivity index (χ3n) is 3.92. The predicted molar refractivity (Wildman–Crippen MR) is 104 cm³/mol. The topological polar surface area (TPSA) is 124 Å². The van der Waals surface area contributed by atoms with Crippen LogP contribution in [0.4, 0.5) is 0 Å². The van der Waals surface area contributed by atoms with Gasteiger partial charge in [-0.1, -0.05) is 6.07 Å². The van der Waals surface area contributed by atoms with Crippen molar-refractivity contribution in [3.63, 3.8) is 0 Å². The number of hydrogen-bond donors (Lipinski definition) is 3. The Morgan fingerprint density at radius 1 is 0.897 bits per heavy atom. The average molecular weight is 403 g/mol. The number of aromatic hydroxyl groups is 1. The zero-order valence-corrected chi connectivity index (χ0v) is 16.3. The molecule has 2 rings (SSSR count). The second-order valence-corrected chi connectivity index (χ2v) is 5.66. The van der Waals surface area contributed by atoms with E-state index < -0.39 is 11.9 Å². The molecular formula is C20H21NO8. The molecule has 0 radical (unpaired) electrons. The summed E-state index contributed by atoms with van der Waals surface area (Å²) in [5.74, 6) is -1.16. The summed E-state index contributed by atoms with van der Waals surface area (Å²) in [5.41, 5.74) is 0.133. The monoisotopic (exact) mass is 403 g/mol. The molecule has 0 heterocycles. The minimum absolute atomic E-state index is 0.0945. The molecule has 0 aromatic heterocycles. The molecule has 2 aromatic rings. The van der Waals surface area contributed by atoms with Crippen LogP contribution >= 0.6 is 0 Å². The maximum absolute atomic E-state index is 12.6. The van der Waals surface area contributed by atoms with Gasteiger partial charge in [-0.3, -0.25) is 4.79 Å². The molecule has 29 heavy (non-hydrogen) atoms. The smallest absolute Gasteiger partial charge is 0.352 e. The van der Waals surface area contributed by atoms with E-state index >= 15 is 0 Å². The Balaban J connectivity index is 2.39. The molecule has 9 nitrogen and oxygen atoms in total. The van der Waals surface area contributed by atoms with E-state index in [0.29, 0.717) is 11.3 Å². The highest BCUT2D eigenvalue weighted by molar-refractivity contribution is 6.03. The molecule has 0 spiro atoms. The standard InChI is InChI=1S/C20H21NO8/c1-26-15-8-11(5-6-14(15)22)7-13(20(24)25)21-19(23)12-9-16(27-2)18(29-4)17(10-12)28-3/h5-10,22H,1-4H3,(H,21,23)(H,24,25)/b13-7+. The van der Waals surface area contributed by atoms with E-state index in [0.717, 1.165) is 0 Å². The van der Waals surface area contributed by atoms with Crippen LogP contribution in [0.2, 0.25) is 0 Å². The van der Waals surface area contributed by atoms with Crippen LogP contribution in [0.25, 0.3) is 6.08 Å². The average Bonchev–Trinajstić information content (AvgIpc) is 2.72. The fourth-order valence-corrected chi connectivity index (χ4v) is 2.51. The highest BCUT2D eigenvalue weighted by Crippen LogP contribution is 2.38. The largest absolute Gasteiger partial charge is 0.504 e. The SMILES string of the molecule is COc1cc(/C=C(/NC(=O)c2cc(OC)c(OC)c(OC)c2)C(=O)O)ccc1O. The Bertz CT molecular complexity index is 926. The number of hydrogen-bond acceptors (Lipinski definition) is 7. The second-order valence-electron chi connectivity index (χ2n) is 5.66. The zero-order valence-electron chi connectivity index (χ0n) is 16.3. The number of carboxylic acid groups (broad SMARTS) is 1. The lowest BCUT2D eigenvalue weighted by atomic mass is 10.1. The van der Waals surface area contributed by atoms with E-state index in [1.165, 1.54) is 64.8 Å². The molecule has 0 unspecified atom stereocenters. The van der Waals surface area contributed by atoms with Crippen LogP contribution in [-0.2, 0) is 4.79 Å². The zero-order chi connectivity index (χ0) is 21.6. The fourth-order valence-electron chi connectivity index (χ4n) is 2.51. The molecule has 1 amide bonds. The van der Waals surface area contributed by atoms with Crippen molar-refractivity contribution in [3.8, 4) is 28.7 Å². The molecule has 0 saturated carbocycles. The summed E-state index contributed by atoms with van der Waals surface area (Å²) in [6.07, 6.45) is 1.24. The molecule has 0 aliphatic rings. The third-order valence-corrected chi connectivity index (χ3v) is 3.92. The van der Waals surface area contributed by atoms with E-state index in [1.807, 2.05) is 0 Å². The maximum atomic E-state index is 12.6. The van der Waals surface area contributed by atoms with Gasteiger partial charge in [0.2, 0.25) is 5.75 Å². The first kappa shape index (κ1) is 21.4. The van der Waals surface area contributed by atoms with Crippen molar-refractivity contribution in [1.82, 2.24) is 5.32 Å². The molecule has 0 fully saturated rings. The van der Waals surface area contributed by atoms with Gasteiger partial charge in [-0.2, -0.15) is 0 Å². The lowest BCUT2D eigenvalue weighted by Crippen LogP contribution is -2.27. The van der Waals surface area contributed by atoms with Gasteiger partial charge in [-0.15, -0.1) is 0 Å². The van der Waals surface area contributed by atoms with E-state index in [-0.39, 0.29) is 34.3 Å². The van der Waals surface area contributed by atoms with Gasteiger partial charge in [0.15, 0.2) is 23.0 Å². The first-order valence-corrected chi connectivity index (χ1v) is 8.28. The Hall–Kier alpha value is -3.88. The number of nitrogens with one attached hydrogen (secondary N) is 1. The Kier molecular flexibility index (Phi) is 6.91. The number of phenols is 1. The van der Waals surface area contributed by atoms with E-state index in [2.05, 4.69) is 5.32 Å². The quantitative estimate of drug-likeness (QED) is 0.574. The van der Waals surface area contributed by atoms with Crippen molar-refractivity contribution in [1.29, 1.82) is 0 Å². The van der Waals surface area contributed by atoms with Crippen LogP contribution in [-0.4, -0.2) is 50.5 Å². The van der Waals surface area contributed by atoms with Crippen molar-refractivity contribution >= 4 is 18.0 Å². The molecule has 0 aliphatic carbocycles. The summed E-state index contributed by atoms with van der Waals surface area (Å²) in [6.45, 7) is 0. The normalized spacial score (nSPS) is 10.8. The van der Waals surface area contributed by atoms with Crippen LogP contribution in [0.15, 0.2) is 36.0 Å². The van der Waals surface area contributed by atoms with Crippen LogP contribution in [0, 0.1) is 0 Å². The fraction of sp³-hybridized carbons (Fsp3) is 0.200. The Morgan fingerprint density at radius 3 is 1.97 bits per heavy atom. The number of phenolic OH excluding ortho intramolecular Hbond substituents is 1. The second kappa shape index (κ2) is 9.36. The highest BCUT2D eigenvalue weighted by Gasteiger charge is 2.19. The predicted octanol–water partition coefficient (Wildman–Crippen LogP) is 2.28. The lowest BCUT2D eigenvalue weighted by molar-refractivity contribution is -0.132. The van der Waals surface area contributed by atoms with Crippen molar-refractivity contribution < 1.29 is 38.7 Å². The minimum atomic E-state index is -1.35. The molecule has 0 saturated heterocycles. The number of amides is 1. The summed E-state index contributed by atoms with van der Waals surface area (Å²) in [6, 6.07) is 7.07. The number of aliphatic carboxylic acids is 1. The highest BCUT2D eigenvalue weighted by atomic mass is 16.5. The number of benzene rings is 2. The third kappa shape index (κ3) is 4.89. The number of carboxylic acids is 1. The molecule has 154 valence electrons. The number of ether oxygens (including phenoxy) is 4. The first-order chi connectivity index (χ1) is 13.8. The molecule has 2 aromatic carbocycles. The first-order valence-electron chi connectivity index (χ1n) is 8.28. The van der Waals surface area contributed by atoms with Gasteiger partial charge in [-0.25, -0.2) is 4.79 Å². The molecule has 9 heteroatoms. The Labute approximate surface area is 167 Å². The molecule has 0 bridgehead atoms. The summed E-state index contributed by atoms with van der Waals surface area (Å²) in [4.78, 5) is 24.2. The molecule has 0 atom stereocenters. The number of rotatable bonds is 8. The Morgan fingerprint density at radius 2 is 1.48 bits per heavy atom. The summed E-state index contributed by atoms with van der Waals surface area (Å²) in [7, 11) is 5.60. The van der Waals surface area contributed by atoms with Crippen LogP contribution in [0.1, 0.15) is 15.9 Å². The molecular weight excluding hydrogens is 382 g/mol. The van der Waals surface area contributed by atoms with Crippen LogP contribution < -0.4 is 24.3 Å². The van der Waals surface area contributed by atoms with Crippen LogP contribution in [0.3, 0.4) is 0 Å². The summed E-state index contributed by atoms with van der Waals surface area (Å²) < 4.78 is 20.6. The number of methoxy groups -OCH3 is 4. The van der Waals surface area contributed by atoms with E-state index in [1.54, 1.807) is 0 Å². The van der Waals surface area contributed by atoms with Gasteiger partial charge in [-0.05, 0) is 35.9 Å². The van der Waals surface area contributed by atoms with Gasteiger partial charge in [0.1, 0.15) is 5.70 Å². The lowest BCUT2D eigenvalue weighted by Gasteiger charge is -2.14. The summed E-state index contributed by atoms with van der Waals surface area (Å²) >= 11 is 0. The van der Waals surface area contributed by atoms with Crippen molar-refractivity contribution in [3.05, 3.63) is 47.2 Å². The number of carbonyl (C=O) groups excluding carboxylic acids is 1. The van der Waals surface area contributed by atoms with E-state index in [4.69, 9.17) is 18.9 Å². The van der Waals surface area contributed by atoms with Crippen molar-refractivity contribution in [2.45, 2.75) is 0 Å². The van der Waals surface area contributed by atoms with Gasteiger partial charge < -0.3 is 34.5 Å². The van der Waals surface area contributed by atoms with Crippen molar-refractivity contribution in [2.24, 2.45) is 0 Å². The van der Waals surface area contributed by atoms with Gasteiger partial charge in [0, 0.05) is 5.56 Å². The van der Waals surface area contributed by atoms with E-state index in [9.17, 15) is 19.8 Å². The van der Waals surface area contributed by atoms with Gasteiger partial charge in [0.25, 0.3) is 5.91 Å². The maximum Gasteiger partial charge on any atom is 0.352 e. The van der Waals surface area contributed by atoms with Crippen LogP contribution in [0.5, 0.6) is 28.7 Å². The molecule has 3 N–H and O–H groups in total. The number of carbonyl (C=O) groups is 2. The summed E-state index contributed by atoms with van der Waals surface area (Å²) in [5, 5.41) is 21.5. The molecule has 0 aliphatic heterocycles. The van der Waals surface area contributed by atoms with Crippen molar-refractivity contribution in [2.75, 3.05) is 28.4 Å². The van der Waals surface area contributed by atoms with Gasteiger partial charge >= 0.3 is 5.97 Å². The van der Waals surface area contributed by atoms with Gasteiger partial charge in [0.05, 0.1) is 28.4 Å².